The second-order valence-corrected chi connectivity index (χ2v) is 8.99. The number of para-hydroxylation sites is 1. The summed E-state index contributed by atoms with van der Waals surface area (Å²) in [6.07, 6.45) is 1.12. The lowest BCUT2D eigenvalue weighted by molar-refractivity contribution is -0.135. The van der Waals surface area contributed by atoms with E-state index in [0.29, 0.717) is 33.7 Å². The van der Waals surface area contributed by atoms with Gasteiger partial charge in [-0.2, -0.15) is 0 Å². The van der Waals surface area contributed by atoms with Crippen molar-refractivity contribution in [3.8, 4) is 11.3 Å². The monoisotopic (exact) mass is 522 g/mol. The minimum absolute atomic E-state index is 0.120. The molecule has 1 amide bonds. The molecule has 0 radical (unpaired) electrons. The molecule has 0 atom stereocenters. The Hall–Kier alpha value is -3.94. The smallest absolute Gasteiger partial charge is 0.333 e. The predicted octanol–water partition coefficient (Wildman–Crippen LogP) is 5.54. The Bertz CT molecular complexity index is 1570. The van der Waals surface area contributed by atoms with Gasteiger partial charge in [0.15, 0.2) is 0 Å². The SMILES string of the molecule is O=C1C=C(NC(=O)C(=O)c2c(-c3ccc(F)c(Cl)c3)n(Cc3ccc(Cl)cc3)c3ccccc23)CO1. The number of ketones is 1. The third-order valence-corrected chi connectivity index (χ3v) is 6.33. The van der Waals surface area contributed by atoms with E-state index in [-0.39, 0.29) is 22.9 Å². The number of fused-ring (bicyclic) bond motifs is 1. The maximum Gasteiger partial charge on any atom is 0.333 e. The zero-order chi connectivity index (χ0) is 25.4. The van der Waals surface area contributed by atoms with E-state index in [1.807, 2.05) is 28.8 Å². The molecule has 0 aliphatic carbocycles. The Balaban J connectivity index is 1.70. The highest BCUT2D eigenvalue weighted by atomic mass is 35.5. The summed E-state index contributed by atoms with van der Waals surface area (Å²) in [5.41, 5.74) is 2.77. The van der Waals surface area contributed by atoms with Gasteiger partial charge in [0, 0.05) is 34.1 Å². The number of nitrogens with zero attached hydrogens (tertiary/aromatic N) is 1. The van der Waals surface area contributed by atoms with Crippen molar-refractivity contribution in [2.45, 2.75) is 6.54 Å². The average Bonchev–Trinajstić information content (AvgIpc) is 3.42. The van der Waals surface area contributed by atoms with E-state index >= 15 is 0 Å². The van der Waals surface area contributed by atoms with E-state index in [2.05, 4.69) is 5.32 Å². The fourth-order valence-electron chi connectivity index (χ4n) is 4.18. The second-order valence-electron chi connectivity index (χ2n) is 8.14. The Kier molecular flexibility index (Phi) is 6.35. The summed E-state index contributed by atoms with van der Waals surface area (Å²) in [5.74, 6) is -2.96. The van der Waals surface area contributed by atoms with Crippen molar-refractivity contribution in [3.63, 3.8) is 0 Å². The van der Waals surface area contributed by atoms with Crippen LogP contribution in [0.15, 0.2) is 78.5 Å². The van der Waals surface area contributed by atoms with Gasteiger partial charge in [0.1, 0.15) is 12.4 Å². The van der Waals surface area contributed by atoms with Gasteiger partial charge >= 0.3 is 5.97 Å². The fourth-order valence-corrected chi connectivity index (χ4v) is 4.48. The number of esters is 1. The molecule has 0 bridgehead atoms. The Morgan fingerprint density at radius 3 is 2.47 bits per heavy atom. The van der Waals surface area contributed by atoms with Crippen LogP contribution < -0.4 is 5.32 Å². The molecule has 0 spiro atoms. The van der Waals surface area contributed by atoms with Crippen LogP contribution in [0.25, 0.3) is 22.2 Å². The van der Waals surface area contributed by atoms with Gasteiger partial charge in [-0.3, -0.25) is 9.59 Å². The molecule has 3 aromatic carbocycles. The zero-order valence-corrected chi connectivity index (χ0v) is 20.1. The fraction of sp³-hybridized carbons (Fsp3) is 0.0741. The van der Waals surface area contributed by atoms with Crippen LogP contribution in [-0.4, -0.2) is 28.8 Å². The number of rotatable bonds is 6. The molecule has 1 N–H and O–H groups in total. The summed E-state index contributed by atoms with van der Waals surface area (Å²) in [7, 11) is 0. The largest absolute Gasteiger partial charge is 0.456 e. The number of halogens is 3. The molecule has 1 aliphatic heterocycles. The molecule has 6 nitrogen and oxygen atoms in total. The van der Waals surface area contributed by atoms with Crippen molar-refractivity contribution in [2.24, 2.45) is 0 Å². The van der Waals surface area contributed by atoms with E-state index in [1.165, 1.54) is 18.2 Å². The minimum Gasteiger partial charge on any atom is -0.456 e. The van der Waals surface area contributed by atoms with E-state index in [4.69, 9.17) is 27.9 Å². The Morgan fingerprint density at radius 1 is 1.03 bits per heavy atom. The van der Waals surface area contributed by atoms with Gasteiger partial charge < -0.3 is 14.6 Å². The summed E-state index contributed by atoms with van der Waals surface area (Å²) in [4.78, 5) is 37.9. The van der Waals surface area contributed by atoms with Gasteiger partial charge in [0.2, 0.25) is 0 Å². The first-order valence-corrected chi connectivity index (χ1v) is 11.6. The first-order valence-electron chi connectivity index (χ1n) is 10.9. The Morgan fingerprint density at radius 2 is 1.78 bits per heavy atom. The minimum atomic E-state index is -0.927. The van der Waals surface area contributed by atoms with Gasteiger partial charge in [0.25, 0.3) is 11.7 Å². The number of hydrogen-bond acceptors (Lipinski definition) is 4. The van der Waals surface area contributed by atoms with Crippen LogP contribution in [0.1, 0.15) is 15.9 Å². The average molecular weight is 523 g/mol. The molecule has 9 heteroatoms. The van der Waals surface area contributed by atoms with Crippen molar-refractivity contribution < 1.29 is 23.5 Å². The molecule has 1 aliphatic rings. The molecule has 4 aromatic rings. The summed E-state index contributed by atoms with van der Waals surface area (Å²) in [6, 6.07) is 18.5. The molecule has 0 saturated carbocycles. The van der Waals surface area contributed by atoms with E-state index in [0.717, 1.165) is 11.6 Å². The van der Waals surface area contributed by atoms with Crippen LogP contribution in [0.5, 0.6) is 0 Å². The molecule has 180 valence electrons. The topological polar surface area (TPSA) is 77.4 Å². The number of cyclic esters (lactones) is 1. The lowest BCUT2D eigenvalue weighted by Gasteiger charge is -2.14. The van der Waals surface area contributed by atoms with Crippen LogP contribution in [0.4, 0.5) is 4.39 Å². The predicted molar refractivity (Wildman–Crippen MR) is 134 cm³/mol. The summed E-state index contributed by atoms with van der Waals surface area (Å²) in [6.45, 7) is 0.209. The van der Waals surface area contributed by atoms with Gasteiger partial charge in [0.05, 0.1) is 22.0 Å². The maximum absolute atomic E-state index is 14.0. The third kappa shape index (κ3) is 4.51. The number of nitrogens with one attached hydrogen (secondary N) is 1. The summed E-state index contributed by atoms with van der Waals surface area (Å²) >= 11 is 12.1. The van der Waals surface area contributed by atoms with E-state index in [1.54, 1.807) is 24.3 Å². The molecular formula is C27H17Cl2FN2O4. The standard InChI is InChI=1S/C27H17Cl2FN2O4/c28-17-8-5-15(6-9-17)13-32-22-4-2-1-3-19(22)24(25(32)16-7-10-21(30)20(29)11-16)26(34)27(35)31-18-12-23(33)36-14-18/h1-12H,13-14H2,(H,31,35). The van der Waals surface area contributed by atoms with Crippen LogP contribution in [-0.2, 0) is 20.9 Å². The quantitative estimate of drug-likeness (QED) is 0.205. The van der Waals surface area contributed by atoms with Gasteiger partial charge in [-0.25, -0.2) is 9.18 Å². The number of amides is 1. The number of ether oxygens (including phenoxy) is 1. The number of carbonyl (C=O) groups is 3. The van der Waals surface area contributed by atoms with Crippen molar-refractivity contribution in [3.05, 3.63) is 105 Å². The van der Waals surface area contributed by atoms with Gasteiger partial charge in [-0.05, 0) is 42.0 Å². The zero-order valence-electron chi connectivity index (χ0n) is 18.6. The first-order chi connectivity index (χ1) is 17.3. The highest BCUT2D eigenvalue weighted by molar-refractivity contribution is 6.46. The van der Waals surface area contributed by atoms with Gasteiger partial charge in [-0.15, -0.1) is 0 Å². The number of aromatic nitrogens is 1. The van der Waals surface area contributed by atoms with Crippen molar-refractivity contribution in [1.29, 1.82) is 0 Å². The number of benzene rings is 3. The highest BCUT2D eigenvalue weighted by Gasteiger charge is 2.29. The third-order valence-electron chi connectivity index (χ3n) is 5.79. The number of hydrogen-bond donors (Lipinski definition) is 1. The normalized spacial score (nSPS) is 13.0. The number of Topliss-reactive ketones (excluding diaryl/α,β-unsaturated/α-hetero) is 1. The lowest BCUT2D eigenvalue weighted by Crippen LogP contribution is -2.31. The lowest BCUT2D eigenvalue weighted by atomic mass is 10.0. The van der Waals surface area contributed by atoms with Crippen molar-refractivity contribution in [1.82, 2.24) is 9.88 Å². The van der Waals surface area contributed by atoms with Crippen LogP contribution in [0, 0.1) is 5.82 Å². The second kappa shape index (κ2) is 9.60. The molecule has 5 rings (SSSR count). The number of carbonyl (C=O) groups excluding carboxylic acids is 3. The maximum atomic E-state index is 14.0. The molecule has 0 unspecified atom stereocenters. The van der Waals surface area contributed by atoms with Crippen LogP contribution in [0.2, 0.25) is 10.0 Å². The molecule has 0 fully saturated rings. The van der Waals surface area contributed by atoms with Gasteiger partial charge in [-0.1, -0.05) is 53.5 Å². The van der Waals surface area contributed by atoms with E-state index < -0.39 is 23.5 Å². The molecule has 36 heavy (non-hydrogen) atoms. The summed E-state index contributed by atoms with van der Waals surface area (Å²) < 4.78 is 20.7. The van der Waals surface area contributed by atoms with Crippen molar-refractivity contribution in [2.75, 3.05) is 6.61 Å². The summed E-state index contributed by atoms with van der Waals surface area (Å²) in [5, 5.41) is 3.45. The highest BCUT2D eigenvalue weighted by Crippen LogP contribution is 2.36. The molecule has 1 aromatic heterocycles. The first kappa shape index (κ1) is 23.8. The Labute approximate surface area is 214 Å². The molecule has 2 heterocycles. The van der Waals surface area contributed by atoms with Crippen LogP contribution in [0.3, 0.4) is 0 Å². The molecule has 0 saturated heterocycles. The van der Waals surface area contributed by atoms with Crippen molar-refractivity contribution >= 4 is 51.8 Å². The molecular weight excluding hydrogens is 506 g/mol. The van der Waals surface area contributed by atoms with E-state index in [9.17, 15) is 18.8 Å². The van der Waals surface area contributed by atoms with Crippen LogP contribution >= 0.6 is 23.2 Å².